The lowest BCUT2D eigenvalue weighted by atomic mass is 10.1. The highest BCUT2D eigenvalue weighted by molar-refractivity contribution is 7.98. The minimum Gasteiger partial charge on any atom is -0.497 e. The van der Waals surface area contributed by atoms with Crippen LogP contribution in [-0.4, -0.2) is 43.1 Å². The predicted octanol–water partition coefficient (Wildman–Crippen LogP) is 4.00. The van der Waals surface area contributed by atoms with Gasteiger partial charge in [-0.1, -0.05) is 5.16 Å². The summed E-state index contributed by atoms with van der Waals surface area (Å²) in [7, 11) is 3.17. The van der Waals surface area contributed by atoms with Crippen molar-refractivity contribution in [3.8, 4) is 22.9 Å². The maximum atomic E-state index is 12.7. The summed E-state index contributed by atoms with van der Waals surface area (Å²) in [5.74, 6) is 2.06. The number of carbonyl (C=O) groups is 1. The van der Waals surface area contributed by atoms with Crippen molar-refractivity contribution in [1.29, 1.82) is 0 Å². The first-order valence-electron chi connectivity index (χ1n) is 9.13. The van der Waals surface area contributed by atoms with E-state index in [0.717, 1.165) is 5.56 Å². The van der Waals surface area contributed by atoms with Gasteiger partial charge in [0.05, 0.1) is 25.8 Å². The first kappa shape index (κ1) is 19.3. The zero-order valence-corrected chi connectivity index (χ0v) is 17.2. The molecule has 1 aliphatic rings. The van der Waals surface area contributed by atoms with Crippen molar-refractivity contribution in [2.45, 2.75) is 17.2 Å². The Morgan fingerprint density at radius 3 is 2.62 bits per heavy atom. The first-order valence-corrected chi connectivity index (χ1v) is 10.4. The van der Waals surface area contributed by atoms with E-state index in [9.17, 15) is 4.79 Å². The van der Waals surface area contributed by atoms with E-state index >= 15 is 0 Å². The molecule has 0 N–H and O–H groups in total. The summed E-state index contributed by atoms with van der Waals surface area (Å²) < 4.78 is 16.2. The number of ether oxygens (including phenoxy) is 2. The molecule has 0 aliphatic carbocycles. The number of hydrogen-bond donors (Lipinski definition) is 0. The van der Waals surface area contributed by atoms with Crippen molar-refractivity contribution in [2.75, 3.05) is 31.9 Å². The molecular weight excluding hydrogens is 390 g/mol. The minimum atomic E-state index is -0.176. The zero-order valence-electron chi connectivity index (χ0n) is 16.4. The van der Waals surface area contributed by atoms with Gasteiger partial charge in [0.25, 0.3) is 0 Å². The highest BCUT2D eigenvalue weighted by atomic mass is 32.2. The molecular formula is C21H21N3O4S. The molecule has 1 aromatic heterocycles. The van der Waals surface area contributed by atoms with Gasteiger partial charge in [-0.05, 0) is 42.7 Å². The van der Waals surface area contributed by atoms with E-state index in [2.05, 4.69) is 10.1 Å². The van der Waals surface area contributed by atoms with E-state index in [4.69, 9.17) is 14.0 Å². The molecule has 2 heterocycles. The molecule has 1 saturated heterocycles. The average molecular weight is 411 g/mol. The van der Waals surface area contributed by atoms with Crippen LogP contribution in [0.5, 0.6) is 11.5 Å². The van der Waals surface area contributed by atoms with Crippen LogP contribution in [0, 0.1) is 0 Å². The molecule has 0 radical (unpaired) electrons. The second-order valence-corrected chi connectivity index (χ2v) is 7.51. The largest absolute Gasteiger partial charge is 0.497 e. The van der Waals surface area contributed by atoms with Gasteiger partial charge in [0.2, 0.25) is 17.6 Å². The number of hydrogen-bond acceptors (Lipinski definition) is 7. The van der Waals surface area contributed by atoms with E-state index in [1.165, 1.54) is 4.90 Å². The van der Waals surface area contributed by atoms with Crippen LogP contribution in [-0.2, 0) is 4.79 Å². The van der Waals surface area contributed by atoms with Crippen LogP contribution < -0.4 is 14.4 Å². The number of nitrogens with zero attached hydrogens (tertiary/aromatic N) is 3. The molecule has 29 heavy (non-hydrogen) atoms. The Morgan fingerprint density at radius 2 is 1.93 bits per heavy atom. The number of aromatic nitrogens is 2. The maximum Gasteiger partial charge on any atom is 0.232 e. The van der Waals surface area contributed by atoms with E-state index in [1.54, 1.807) is 49.1 Å². The molecule has 1 fully saturated rings. The second kappa shape index (κ2) is 8.16. The number of thioether (sulfide) groups is 1. The predicted molar refractivity (Wildman–Crippen MR) is 111 cm³/mol. The van der Waals surface area contributed by atoms with Crippen molar-refractivity contribution in [3.63, 3.8) is 0 Å². The molecule has 7 nitrogen and oxygen atoms in total. The SMILES string of the molecule is COc1ccc(OC)c(N2CC(c3nc(-c4ccc(SC)cc4)no3)CC2=O)c1. The summed E-state index contributed by atoms with van der Waals surface area (Å²) in [6.45, 7) is 0.440. The van der Waals surface area contributed by atoms with E-state index in [0.29, 0.717) is 41.9 Å². The van der Waals surface area contributed by atoms with Gasteiger partial charge in [-0.3, -0.25) is 4.79 Å². The van der Waals surface area contributed by atoms with Gasteiger partial charge in [-0.2, -0.15) is 4.98 Å². The normalized spacial score (nSPS) is 16.3. The van der Waals surface area contributed by atoms with Crippen LogP contribution in [0.15, 0.2) is 51.9 Å². The number of rotatable bonds is 6. The molecule has 0 spiro atoms. The van der Waals surface area contributed by atoms with Crippen LogP contribution >= 0.6 is 11.8 Å². The molecule has 150 valence electrons. The summed E-state index contributed by atoms with van der Waals surface area (Å²) in [6.07, 6.45) is 2.33. The van der Waals surface area contributed by atoms with E-state index in [1.807, 2.05) is 30.5 Å². The minimum absolute atomic E-state index is 0.0226. The van der Waals surface area contributed by atoms with Crippen LogP contribution in [0.4, 0.5) is 5.69 Å². The van der Waals surface area contributed by atoms with Gasteiger partial charge in [0.15, 0.2) is 0 Å². The highest BCUT2D eigenvalue weighted by Crippen LogP contribution is 2.38. The summed E-state index contributed by atoms with van der Waals surface area (Å²) in [5.41, 5.74) is 1.56. The van der Waals surface area contributed by atoms with Crippen LogP contribution in [0.1, 0.15) is 18.2 Å². The van der Waals surface area contributed by atoms with Gasteiger partial charge in [0, 0.05) is 29.5 Å². The van der Waals surface area contributed by atoms with Gasteiger partial charge < -0.3 is 18.9 Å². The summed E-state index contributed by atoms with van der Waals surface area (Å²) in [5, 5.41) is 4.10. The summed E-state index contributed by atoms with van der Waals surface area (Å²) in [4.78, 5) is 20.1. The lowest BCUT2D eigenvalue weighted by Crippen LogP contribution is -2.24. The molecule has 1 atom stereocenters. The van der Waals surface area contributed by atoms with Crippen LogP contribution in [0.2, 0.25) is 0 Å². The van der Waals surface area contributed by atoms with Gasteiger partial charge in [-0.15, -0.1) is 11.8 Å². The van der Waals surface area contributed by atoms with Crippen molar-refractivity contribution in [2.24, 2.45) is 0 Å². The smallest absolute Gasteiger partial charge is 0.232 e. The third-order valence-electron chi connectivity index (χ3n) is 4.94. The fraction of sp³-hybridized carbons (Fsp3) is 0.286. The molecule has 1 aliphatic heterocycles. The fourth-order valence-corrected chi connectivity index (χ4v) is 3.78. The second-order valence-electron chi connectivity index (χ2n) is 6.63. The third-order valence-corrected chi connectivity index (χ3v) is 5.68. The number of anilines is 1. The molecule has 1 unspecified atom stereocenters. The number of amides is 1. The van der Waals surface area contributed by atoms with Gasteiger partial charge in [0.1, 0.15) is 11.5 Å². The Morgan fingerprint density at radius 1 is 1.14 bits per heavy atom. The Hall–Kier alpha value is -3.00. The lowest BCUT2D eigenvalue weighted by Gasteiger charge is -2.20. The Balaban J connectivity index is 1.56. The number of benzene rings is 2. The first-order chi connectivity index (χ1) is 14.1. The molecule has 3 aromatic rings. The van der Waals surface area contributed by atoms with Crippen molar-refractivity contribution < 1.29 is 18.8 Å². The molecule has 0 saturated carbocycles. The number of carbonyl (C=O) groups excluding carboxylic acids is 1. The van der Waals surface area contributed by atoms with Crippen LogP contribution in [0.25, 0.3) is 11.4 Å². The Labute approximate surface area is 173 Å². The zero-order chi connectivity index (χ0) is 20.4. The lowest BCUT2D eigenvalue weighted by molar-refractivity contribution is -0.117. The quantitative estimate of drug-likeness (QED) is 0.568. The molecule has 2 aromatic carbocycles. The van der Waals surface area contributed by atoms with Crippen LogP contribution in [0.3, 0.4) is 0 Å². The topological polar surface area (TPSA) is 77.7 Å². The molecule has 0 bridgehead atoms. The van der Waals surface area contributed by atoms with Crippen molar-refractivity contribution >= 4 is 23.4 Å². The Kier molecular flexibility index (Phi) is 5.44. The molecule has 4 rings (SSSR count). The monoisotopic (exact) mass is 411 g/mol. The fourth-order valence-electron chi connectivity index (χ4n) is 3.37. The summed E-state index contributed by atoms with van der Waals surface area (Å²) in [6, 6.07) is 13.4. The van der Waals surface area contributed by atoms with Gasteiger partial charge >= 0.3 is 0 Å². The maximum absolute atomic E-state index is 12.7. The van der Waals surface area contributed by atoms with Gasteiger partial charge in [-0.25, -0.2) is 0 Å². The van der Waals surface area contributed by atoms with Crippen molar-refractivity contribution in [1.82, 2.24) is 10.1 Å². The van der Waals surface area contributed by atoms with E-state index in [-0.39, 0.29) is 11.8 Å². The third kappa shape index (κ3) is 3.80. The summed E-state index contributed by atoms with van der Waals surface area (Å²) >= 11 is 1.68. The highest BCUT2D eigenvalue weighted by Gasteiger charge is 2.36. The molecule has 1 amide bonds. The standard InChI is InChI=1S/C21H21N3O4S/c1-26-15-6-9-18(27-2)17(11-15)24-12-14(10-19(24)25)21-22-20(23-28-21)13-4-7-16(29-3)8-5-13/h4-9,11,14H,10,12H2,1-3H3. The average Bonchev–Trinajstić information content (AvgIpc) is 3.40. The Bertz CT molecular complexity index is 1020. The molecule has 8 heteroatoms. The van der Waals surface area contributed by atoms with Crippen molar-refractivity contribution in [3.05, 3.63) is 48.4 Å². The number of methoxy groups -OCH3 is 2. The van der Waals surface area contributed by atoms with E-state index < -0.39 is 0 Å².